The summed E-state index contributed by atoms with van der Waals surface area (Å²) >= 11 is 18.3. The van der Waals surface area contributed by atoms with Gasteiger partial charge in [-0.15, -0.1) is 0 Å². The molecule has 0 saturated heterocycles. The van der Waals surface area contributed by atoms with Crippen molar-refractivity contribution in [3.05, 3.63) is 65.6 Å². The lowest BCUT2D eigenvalue weighted by Crippen LogP contribution is -2.18. The van der Waals surface area contributed by atoms with Crippen LogP contribution in [0.2, 0.25) is 10.0 Å². The number of benzene rings is 2. The molecule has 5 heteroatoms. The van der Waals surface area contributed by atoms with Crippen molar-refractivity contribution >= 4 is 61.7 Å². The Bertz CT molecular complexity index is 552. The molecule has 0 radical (unpaired) electrons. The van der Waals surface area contributed by atoms with Gasteiger partial charge in [0, 0.05) is 18.1 Å². The van der Waals surface area contributed by atoms with Gasteiger partial charge in [-0.3, -0.25) is 0 Å². The first-order chi connectivity index (χ1) is 9.02. The minimum atomic E-state index is -0.00436. The van der Waals surface area contributed by atoms with Crippen molar-refractivity contribution in [2.45, 2.75) is 6.04 Å². The van der Waals surface area contributed by atoms with Crippen LogP contribution in [0.3, 0.4) is 0 Å². The van der Waals surface area contributed by atoms with Gasteiger partial charge in [-0.2, -0.15) is 0 Å². The zero-order valence-electron chi connectivity index (χ0n) is 10.1. The summed E-state index contributed by atoms with van der Waals surface area (Å²) in [4.78, 5) is 0. The van der Waals surface area contributed by atoms with E-state index in [2.05, 4.69) is 56.0 Å². The Kier molecular flexibility index (Phi) is 5.55. The van der Waals surface area contributed by atoms with Crippen LogP contribution in [0.4, 0.5) is 0 Å². The summed E-state index contributed by atoms with van der Waals surface area (Å²) in [7, 11) is 1.91. The minimum absolute atomic E-state index is 0.00436. The second-order valence-electron chi connectivity index (χ2n) is 4.05. The first-order valence-corrected chi connectivity index (χ1v) is 8.23. The van der Waals surface area contributed by atoms with Crippen molar-refractivity contribution in [1.82, 2.24) is 5.32 Å². The van der Waals surface area contributed by atoms with Crippen molar-refractivity contribution in [2.24, 2.45) is 0 Å². The molecule has 0 aliphatic rings. The fraction of sp³-hybridized carbons (Fsp3) is 0.143. The molecular weight excluding hydrogens is 460 g/mol. The minimum Gasteiger partial charge on any atom is -0.309 e. The highest BCUT2D eigenvalue weighted by Gasteiger charge is 2.18. The van der Waals surface area contributed by atoms with Crippen LogP contribution in [0, 0.1) is 3.57 Å². The van der Waals surface area contributed by atoms with Crippen molar-refractivity contribution in [3.8, 4) is 0 Å². The fourth-order valence-electron chi connectivity index (χ4n) is 1.95. The molecule has 0 amide bonds. The molecule has 2 aromatic carbocycles. The monoisotopic (exact) mass is 469 g/mol. The van der Waals surface area contributed by atoms with Crippen molar-refractivity contribution in [3.63, 3.8) is 0 Å². The molecular formula is C14H11BrCl2IN. The number of rotatable bonds is 3. The summed E-state index contributed by atoms with van der Waals surface area (Å²) in [5.41, 5.74) is 2.11. The van der Waals surface area contributed by atoms with Gasteiger partial charge in [0.15, 0.2) is 0 Å². The normalized spacial score (nSPS) is 12.5. The van der Waals surface area contributed by atoms with Gasteiger partial charge in [0.25, 0.3) is 0 Å². The molecule has 0 bridgehead atoms. The highest BCUT2D eigenvalue weighted by molar-refractivity contribution is 14.1. The van der Waals surface area contributed by atoms with Crippen LogP contribution in [0.5, 0.6) is 0 Å². The summed E-state index contributed by atoms with van der Waals surface area (Å²) in [6.45, 7) is 0. The molecule has 100 valence electrons. The molecule has 2 aromatic rings. The van der Waals surface area contributed by atoms with Gasteiger partial charge in [0.1, 0.15) is 0 Å². The Labute approximate surface area is 145 Å². The third-order valence-corrected chi connectivity index (χ3v) is 4.80. The van der Waals surface area contributed by atoms with Gasteiger partial charge < -0.3 is 5.32 Å². The third-order valence-electron chi connectivity index (χ3n) is 2.83. The van der Waals surface area contributed by atoms with Gasteiger partial charge in [-0.1, -0.05) is 39.1 Å². The lowest BCUT2D eigenvalue weighted by molar-refractivity contribution is 0.689. The molecule has 1 nitrogen and oxygen atoms in total. The summed E-state index contributed by atoms with van der Waals surface area (Å²) in [6.07, 6.45) is 0. The Hall–Kier alpha value is 0.190. The molecule has 0 spiro atoms. The Morgan fingerprint density at radius 1 is 1.11 bits per heavy atom. The fourth-order valence-corrected chi connectivity index (χ4v) is 3.35. The van der Waals surface area contributed by atoms with Crippen LogP contribution in [0.25, 0.3) is 0 Å². The van der Waals surface area contributed by atoms with E-state index in [1.807, 2.05) is 25.2 Å². The molecule has 19 heavy (non-hydrogen) atoms. The zero-order chi connectivity index (χ0) is 14.0. The lowest BCUT2D eigenvalue weighted by Gasteiger charge is -2.20. The van der Waals surface area contributed by atoms with E-state index in [-0.39, 0.29) is 6.04 Å². The quantitative estimate of drug-likeness (QED) is 0.570. The first kappa shape index (κ1) is 15.6. The van der Waals surface area contributed by atoms with E-state index in [1.54, 1.807) is 6.07 Å². The maximum Gasteiger partial charge on any atom is 0.0601 e. The summed E-state index contributed by atoms with van der Waals surface area (Å²) < 4.78 is 2.22. The van der Waals surface area contributed by atoms with E-state index in [1.165, 1.54) is 3.57 Å². The molecule has 0 fully saturated rings. The second-order valence-corrected chi connectivity index (χ2v) is 7.00. The zero-order valence-corrected chi connectivity index (χ0v) is 15.3. The van der Waals surface area contributed by atoms with Gasteiger partial charge in [0.05, 0.1) is 6.04 Å². The van der Waals surface area contributed by atoms with E-state index >= 15 is 0 Å². The number of hydrogen-bond donors (Lipinski definition) is 1. The third kappa shape index (κ3) is 3.64. The molecule has 1 N–H and O–H groups in total. The van der Waals surface area contributed by atoms with Crippen molar-refractivity contribution in [1.29, 1.82) is 0 Å². The predicted octanol–water partition coefficient (Wildman–Crippen LogP) is 5.67. The summed E-state index contributed by atoms with van der Waals surface area (Å²) in [5.74, 6) is 0. The molecule has 0 aliphatic heterocycles. The van der Waals surface area contributed by atoms with Crippen molar-refractivity contribution < 1.29 is 0 Å². The Morgan fingerprint density at radius 2 is 1.84 bits per heavy atom. The molecule has 0 aromatic heterocycles. The van der Waals surface area contributed by atoms with E-state index in [4.69, 9.17) is 23.2 Å². The number of nitrogens with one attached hydrogen (secondary N) is 1. The topological polar surface area (TPSA) is 12.0 Å². The standard InChI is InChI=1S/C14H11BrCl2IN/c1-19-14(10-7-9(18)3-4-12(10)15)11-6-8(16)2-5-13(11)17/h2-7,14,19H,1H3. The first-order valence-electron chi connectivity index (χ1n) is 5.60. The van der Waals surface area contributed by atoms with E-state index in [0.717, 1.165) is 15.6 Å². The van der Waals surface area contributed by atoms with Crippen LogP contribution < -0.4 is 5.32 Å². The highest BCUT2D eigenvalue weighted by atomic mass is 127. The molecule has 0 aliphatic carbocycles. The molecule has 1 atom stereocenters. The van der Waals surface area contributed by atoms with E-state index in [0.29, 0.717) is 10.0 Å². The van der Waals surface area contributed by atoms with Gasteiger partial charge in [0.2, 0.25) is 0 Å². The molecule has 0 saturated carbocycles. The summed E-state index contributed by atoms with van der Waals surface area (Å²) in [6, 6.07) is 11.7. The Morgan fingerprint density at radius 3 is 2.53 bits per heavy atom. The summed E-state index contributed by atoms with van der Waals surface area (Å²) in [5, 5.41) is 4.68. The number of halogens is 4. The highest BCUT2D eigenvalue weighted by Crippen LogP contribution is 2.34. The van der Waals surface area contributed by atoms with Crippen molar-refractivity contribution in [2.75, 3.05) is 7.05 Å². The second kappa shape index (κ2) is 6.76. The average molecular weight is 471 g/mol. The van der Waals surface area contributed by atoms with Crippen LogP contribution in [0.1, 0.15) is 17.2 Å². The van der Waals surface area contributed by atoms with Gasteiger partial charge in [-0.25, -0.2) is 0 Å². The number of hydrogen-bond acceptors (Lipinski definition) is 1. The van der Waals surface area contributed by atoms with E-state index < -0.39 is 0 Å². The maximum atomic E-state index is 6.30. The van der Waals surface area contributed by atoms with Gasteiger partial charge >= 0.3 is 0 Å². The smallest absolute Gasteiger partial charge is 0.0601 e. The average Bonchev–Trinajstić information content (AvgIpc) is 2.38. The van der Waals surface area contributed by atoms with Crippen LogP contribution in [-0.4, -0.2) is 7.05 Å². The van der Waals surface area contributed by atoms with E-state index in [9.17, 15) is 0 Å². The molecule has 1 unspecified atom stereocenters. The Balaban J connectivity index is 2.55. The SMILES string of the molecule is CNC(c1cc(Cl)ccc1Cl)c1cc(I)ccc1Br. The lowest BCUT2D eigenvalue weighted by atomic mass is 9.99. The molecule has 2 rings (SSSR count). The predicted molar refractivity (Wildman–Crippen MR) is 94.2 cm³/mol. The van der Waals surface area contributed by atoms with Crippen LogP contribution in [0.15, 0.2) is 40.9 Å². The largest absolute Gasteiger partial charge is 0.309 e. The van der Waals surface area contributed by atoms with Gasteiger partial charge in [-0.05, 0) is 77.2 Å². The molecule has 0 heterocycles. The maximum absolute atomic E-state index is 6.30. The van der Waals surface area contributed by atoms with Crippen LogP contribution >= 0.6 is 61.7 Å². The van der Waals surface area contributed by atoms with Crippen LogP contribution in [-0.2, 0) is 0 Å².